The first-order chi connectivity index (χ1) is 36.1. The Balaban J connectivity index is 0.737. The molecular weight excluding hydrogens is 1050 g/mol. The van der Waals surface area contributed by atoms with Crippen molar-refractivity contribution in [2.24, 2.45) is 13.0 Å². The van der Waals surface area contributed by atoms with E-state index in [1.165, 1.54) is 20.3 Å². The first-order valence-electron chi connectivity index (χ1n) is 25.2. The number of aryl methyl sites for hydroxylation is 2. The molecule has 0 spiro atoms. The van der Waals surface area contributed by atoms with E-state index in [0.717, 1.165) is 104 Å². The summed E-state index contributed by atoms with van der Waals surface area (Å²) < 4.78 is 48.5. The largest absolute Gasteiger partial charge is 0.494 e. The van der Waals surface area contributed by atoms with Gasteiger partial charge in [-0.2, -0.15) is 10.1 Å². The number of piperazine rings is 1. The van der Waals surface area contributed by atoms with Crippen LogP contribution in [-0.2, 0) is 30.2 Å². The number of carbonyl (C=O) groups is 4. The number of benzene rings is 3. The normalized spacial score (nSPS) is 19.1. The number of hydrogen-bond donors (Lipinski definition) is 3. The lowest BCUT2D eigenvalue weighted by Crippen LogP contribution is -2.61. The zero-order chi connectivity index (χ0) is 52.9. The predicted molar refractivity (Wildman–Crippen MR) is 285 cm³/mol. The lowest BCUT2D eigenvalue weighted by molar-refractivity contribution is -0.136. The van der Waals surface area contributed by atoms with Gasteiger partial charge in [-0.1, -0.05) is 6.07 Å². The van der Waals surface area contributed by atoms with Crippen molar-refractivity contribution in [3.8, 4) is 16.9 Å². The molecule has 0 bridgehead atoms. The van der Waals surface area contributed by atoms with E-state index in [4.69, 9.17) is 18.8 Å². The highest BCUT2D eigenvalue weighted by Crippen LogP contribution is 2.49. The molecule has 7 heterocycles. The molecule has 1 atom stereocenters. The minimum absolute atomic E-state index is 0.0165. The molecule has 396 valence electrons. The maximum Gasteiger partial charge on any atom is 0.363 e. The zero-order valence-corrected chi connectivity index (χ0v) is 45.3. The second-order valence-corrected chi connectivity index (χ2v) is 22.9. The average Bonchev–Trinajstić information content (AvgIpc) is 3.94. The summed E-state index contributed by atoms with van der Waals surface area (Å²) in [5.41, 5.74) is 6.17. The smallest absolute Gasteiger partial charge is 0.363 e. The number of amides is 4. The van der Waals surface area contributed by atoms with Gasteiger partial charge in [0.15, 0.2) is 0 Å². The van der Waals surface area contributed by atoms with Crippen molar-refractivity contribution < 1.29 is 41.9 Å². The van der Waals surface area contributed by atoms with Gasteiger partial charge in [-0.25, -0.2) is 9.37 Å². The molecule has 4 fully saturated rings. The predicted octanol–water partition coefficient (Wildman–Crippen LogP) is 6.52. The number of ether oxygens (including phenoxy) is 1. The molecule has 2 aromatic heterocycles. The maximum absolute atomic E-state index is 15.5. The van der Waals surface area contributed by atoms with E-state index in [2.05, 4.69) is 68.8 Å². The van der Waals surface area contributed by atoms with E-state index in [9.17, 15) is 23.7 Å². The molecule has 4 amide bonds. The fourth-order valence-corrected chi connectivity index (χ4v) is 12.8. The number of carbonyl (C=O) groups excluding carboxylic acids is 4. The van der Waals surface area contributed by atoms with Crippen LogP contribution in [0.25, 0.3) is 11.1 Å². The topological polar surface area (TPSA) is 209 Å². The maximum atomic E-state index is 15.5. The molecule has 10 rings (SSSR count). The lowest BCUT2D eigenvalue weighted by Gasteiger charge is -2.49. The number of imide groups is 2. The van der Waals surface area contributed by atoms with Crippen molar-refractivity contribution >= 4 is 87.0 Å². The summed E-state index contributed by atoms with van der Waals surface area (Å²) in [5.74, 6) is -1.13. The van der Waals surface area contributed by atoms with Crippen molar-refractivity contribution in [2.75, 3.05) is 101 Å². The monoisotopic (exact) mass is 1110 g/mol. The Morgan fingerprint density at radius 3 is 2.23 bits per heavy atom. The van der Waals surface area contributed by atoms with Gasteiger partial charge in [0.1, 0.15) is 23.4 Å². The van der Waals surface area contributed by atoms with Gasteiger partial charge in [0, 0.05) is 108 Å². The van der Waals surface area contributed by atoms with Crippen molar-refractivity contribution in [3.05, 3.63) is 87.5 Å². The molecular formula is C52H61BrFN12O8P. The highest BCUT2D eigenvalue weighted by Gasteiger charge is 2.46. The number of hydrogen-bond acceptors (Lipinski definition) is 17. The summed E-state index contributed by atoms with van der Waals surface area (Å²) in [6.45, 7) is 11.5. The molecule has 4 saturated heterocycles. The number of piperidine rings is 2. The highest BCUT2D eigenvalue weighted by atomic mass is 79.9. The summed E-state index contributed by atoms with van der Waals surface area (Å²) in [6, 6.07) is 9.58. The molecule has 0 aliphatic carbocycles. The molecule has 20 nitrogen and oxygen atoms in total. The van der Waals surface area contributed by atoms with E-state index < -0.39 is 43.1 Å². The van der Waals surface area contributed by atoms with Crippen LogP contribution in [0.3, 0.4) is 0 Å². The third kappa shape index (κ3) is 10.3. The van der Waals surface area contributed by atoms with Crippen LogP contribution < -0.4 is 35.8 Å². The molecule has 23 heteroatoms. The zero-order valence-electron chi connectivity index (χ0n) is 42.8. The summed E-state index contributed by atoms with van der Waals surface area (Å²) >= 11 is 3.59. The Hall–Kier alpha value is -6.29. The molecule has 0 radical (unpaired) electrons. The molecule has 75 heavy (non-hydrogen) atoms. The SMILES string of the molecule is COc1cc(N2CCN(CCC3CCN(C4CN(c5cc6c(cc5F)C(=O)N(C5CCC(=O)NC5=O)C6=O)C4)CC3)CC2)c(-c2cnn(C)c2)cc1Nc1ncc(Br)c(Nc2ccc(C)c(C)c2P(=O)(OC)OC)n1. The fourth-order valence-electron chi connectivity index (χ4n) is 11.0. The van der Waals surface area contributed by atoms with Gasteiger partial charge >= 0.3 is 7.60 Å². The summed E-state index contributed by atoms with van der Waals surface area (Å²) in [4.78, 5) is 70.4. The fraction of sp³-hybridized carbons (Fsp3) is 0.442. The van der Waals surface area contributed by atoms with Gasteiger partial charge in [-0.15, -0.1) is 0 Å². The van der Waals surface area contributed by atoms with Gasteiger partial charge in [0.05, 0.1) is 51.3 Å². The van der Waals surface area contributed by atoms with Gasteiger partial charge in [-0.05, 0) is 116 Å². The van der Waals surface area contributed by atoms with E-state index in [1.807, 2.05) is 50.3 Å². The van der Waals surface area contributed by atoms with Crippen LogP contribution in [0, 0.1) is 25.6 Å². The molecule has 1 unspecified atom stereocenters. The first kappa shape index (κ1) is 52.2. The van der Waals surface area contributed by atoms with E-state index in [-0.39, 0.29) is 35.7 Å². The minimum Gasteiger partial charge on any atom is -0.494 e. The summed E-state index contributed by atoms with van der Waals surface area (Å²) in [5, 5.41) is 13.8. The van der Waals surface area contributed by atoms with Crippen LogP contribution >= 0.6 is 23.5 Å². The van der Waals surface area contributed by atoms with Gasteiger partial charge in [0.2, 0.25) is 17.8 Å². The van der Waals surface area contributed by atoms with E-state index in [0.29, 0.717) is 57.7 Å². The minimum atomic E-state index is -3.65. The number of halogens is 2. The van der Waals surface area contributed by atoms with Crippen molar-refractivity contribution in [2.45, 2.75) is 58.0 Å². The molecule has 5 aliphatic rings. The number of likely N-dealkylation sites (tertiary alicyclic amines) is 1. The number of methoxy groups -OCH3 is 1. The van der Waals surface area contributed by atoms with Crippen molar-refractivity contribution in [1.29, 1.82) is 0 Å². The van der Waals surface area contributed by atoms with Crippen LogP contribution in [0.4, 0.5) is 38.9 Å². The van der Waals surface area contributed by atoms with Crippen LogP contribution in [0.2, 0.25) is 0 Å². The number of nitrogens with zero attached hydrogens (tertiary/aromatic N) is 9. The van der Waals surface area contributed by atoms with Crippen LogP contribution in [0.15, 0.2) is 59.5 Å². The first-order valence-corrected chi connectivity index (χ1v) is 27.5. The number of nitrogens with one attached hydrogen (secondary N) is 3. The van der Waals surface area contributed by atoms with Gasteiger partial charge < -0.3 is 34.2 Å². The lowest BCUT2D eigenvalue weighted by atomic mass is 9.91. The Labute approximate surface area is 442 Å². The van der Waals surface area contributed by atoms with Crippen molar-refractivity contribution in [1.82, 2.24) is 39.8 Å². The number of anilines is 6. The molecule has 3 aromatic carbocycles. The Bertz CT molecular complexity index is 3110. The summed E-state index contributed by atoms with van der Waals surface area (Å²) in [7, 11) is 2.62. The van der Waals surface area contributed by atoms with E-state index >= 15 is 4.39 Å². The second-order valence-electron chi connectivity index (χ2n) is 19.8. The van der Waals surface area contributed by atoms with Crippen LogP contribution in [0.5, 0.6) is 5.75 Å². The van der Waals surface area contributed by atoms with Crippen LogP contribution in [-0.4, -0.2) is 150 Å². The number of fused-ring (bicyclic) bond motifs is 1. The van der Waals surface area contributed by atoms with Crippen LogP contribution in [0.1, 0.15) is 63.9 Å². The van der Waals surface area contributed by atoms with E-state index in [1.54, 1.807) is 18.0 Å². The second kappa shape index (κ2) is 21.4. The Kier molecular flexibility index (Phi) is 14.9. The molecule has 3 N–H and O–H groups in total. The van der Waals surface area contributed by atoms with Crippen molar-refractivity contribution in [3.63, 3.8) is 0 Å². The summed E-state index contributed by atoms with van der Waals surface area (Å²) in [6.07, 6.45) is 8.85. The number of aromatic nitrogens is 4. The third-order valence-electron chi connectivity index (χ3n) is 15.5. The standard InChI is InChI=1S/C52H61BrFN12O8P/c1-30-7-8-40(47(31(30)2)75(71,73-5)74-6)57-48-38(53)26-55-52(60-48)58-41-22-35(33-25-56-61(3)27-33)43(24-45(41)72-4)64-19-17-62(18-20-64)14-11-32-12-15-63(16-13-32)34-28-65(29-34)44-23-37-36(21-39(44)54)50(69)66(51(37)70)42-9-10-46(67)59-49(42)68/h7-8,21-27,32,34,42H,9-20,28-29H2,1-6H3,(H,59,67,68)(H2,55,57,58,60). The molecule has 0 saturated carbocycles. The molecule has 5 aromatic rings. The average molecular weight is 1110 g/mol. The molecule has 5 aliphatic heterocycles. The Morgan fingerprint density at radius 2 is 1.56 bits per heavy atom. The van der Waals surface area contributed by atoms with Gasteiger partial charge in [0.25, 0.3) is 11.8 Å². The Morgan fingerprint density at radius 1 is 0.840 bits per heavy atom. The van der Waals surface area contributed by atoms with Gasteiger partial charge in [-0.3, -0.25) is 48.4 Å². The highest BCUT2D eigenvalue weighted by molar-refractivity contribution is 9.10. The third-order valence-corrected chi connectivity index (χ3v) is 18.1. The number of rotatable bonds is 16. The quantitative estimate of drug-likeness (QED) is 0.0710.